The first kappa shape index (κ1) is 14.5. The molecule has 1 spiro atoms. The molecule has 0 aromatic carbocycles. The van der Waals surface area contributed by atoms with Gasteiger partial charge in [-0.1, -0.05) is 35.4 Å². The Hall–Kier alpha value is 0.180. The van der Waals surface area contributed by atoms with Crippen LogP contribution in [0.3, 0.4) is 0 Å². The van der Waals surface area contributed by atoms with Crippen molar-refractivity contribution in [3.8, 4) is 0 Å². The first-order valence-electron chi connectivity index (χ1n) is 9.49. The third kappa shape index (κ3) is 1.42. The lowest BCUT2D eigenvalue weighted by Crippen LogP contribution is -2.53. The highest BCUT2D eigenvalue weighted by molar-refractivity contribution is 9.11. The van der Waals surface area contributed by atoms with E-state index in [1.807, 2.05) is 0 Å². The van der Waals surface area contributed by atoms with Crippen molar-refractivity contribution in [3.63, 3.8) is 0 Å². The van der Waals surface area contributed by atoms with Gasteiger partial charge in [0.1, 0.15) is 0 Å². The van der Waals surface area contributed by atoms with Gasteiger partial charge in [0.2, 0.25) is 0 Å². The quantitative estimate of drug-likeness (QED) is 0.607. The molecule has 1 nitrogen and oxygen atoms in total. The molecule has 7 atom stereocenters. The number of aliphatic hydroxyl groups excluding tert-OH is 1. The fourth-order valence-corrected chi connectivity index (χ4v) is 8.98. The molecular weight excluding hydrogens is 336 g/mol. The van der Waals surface area contributed by atoms with Crippen LogP contribution in [0.5, 0.6) is 0 Å². The molecule has 5 aliphatic rings. The van der Waals surface area contributed by atoms with Crippen molar-refractivity contribution in [3.05, 3.63) is 10.1 Å². The van der Waals surface area contributed by atoms with E-state index >= 15 is 0 Å². The van der Waals surface area contributed by atoms with Crippen molar-refractivity contribution in [2.75, 3.05) is 0 Å². The summed E-state index contributed by atoms with van der Waals surface area (Å²) in [5.74, 6) is 2.62. The number of allylic oxidation sites excluding steroid dienone is 2. The van der Waals surface area contributed by atoms with Crippen LogP contribution in [0, 0.1) is 34.0 Å². The Morgan fingerprint density at radius 2 is 1.91 bits per heavy atom. The minimum atomic E-state index is -0.0185. The predicted octanol–water partition coefficient (Wildman–Crippen LogP) is 5.42. The molecule has 0 radical (unpaired) electrons. The van der Waals surface area contributed by atoms with E-state index in [1.165, 1.54) is 51.4 Å². The van der Waals surface area contributed by atoms with Crippen LogP contribution in [0.1, 0.15) is 71.6 Å². The van der Waals surface area contributed by atoms with Crippen LogP contribution in [0.15, 0.2) is 10.1 Å². The standard InChI is InChI=1S/C20H29BrO/c1-18-8-3-4-16(21)15(18)6-5-14-13(18)7-9-19(2)17(22)10-12-11-20(12,14)19/h12-14,17,22H,3-11H2,1-2H3/t12-,13+,14-,17+,18-,19-,20+/m1/s1. The van der Waals surface area contributed by atoms with Crippen LogP contribution >= 0.6 is 15.9 Å². The molecule has 0 aromatic rings. The maximum atomic E-state index is 10.7. The Labute approximate surface area is 143 Å². The maximum absolute atomic E-state index is 10.7. The summed E-state index contributed by atoms with van der Waals surface area (Å²) in [5, 5.41) is 10.7. The normalized spacial score (nSPS) is 59.5. The van der Waals surface area contributed by atoms with E-state index < -0.39 is 0 Å². The minimum absolute atomic E-state index is 0.0185. The zero-order valence-electron chi connectivity index (χ0n) is 14.0. The fourth-order valence-electron chi connectivity index (χ4n) is 8.05. The molecule has 0 unspecified atom stereocenters. The van der Waals surface area contributed by atoms with Gasteiger partial charge in [-0.2, -0.15) is 0 Å². The Kier molecular flexibility index (Phi) is 2.79. The Morgan fingerprint density at radius 3 is 2.73 bits per heavy atom. The summed E-state index contributed by atoms with van der Waals surface area (Å²) in [5.41, 5.74) is 2.99. The zero-order chi connectivity index (χ0) is 15.3. The van der Waals surface area contributed by atoms with Crippen LogP contribution in [-0.4, -0.2) is 11.2 Å². The average Bonchev–Trinajstić information content (AvgIpc) is 3.13. The molecule has 0 amide bonds. The van der Waals surface area contributed by atoms with Crippen molar-refractivity contribution >= 4 is 15.9 Å². The van der Waals surface area contributed by atoms with Crippen molar-refractivity contribution in [2.24, 2.45) is 34.0 Å². The van der Waals surface area contributed by atoms with Gasteiger partial charge in [0.15, 0.2) is 0 Å². The summed E-state index contributed by atoms with van der Waals surface area (Å²) in [6, 6.07) is 0. The van der Waals surface area contributed by atoms with Gasteiger partial charge in [0.25, 0.3) is 0 Å². The molecule has 22 heavy (non-hydrogen) atoms. The molecular formula is C20H29BrO. The lowest BCUT2D eigenvalue weighted by Gasteiger charge is -2.59. The molecule has 1 N–H and O–H groups in total. The van der Waals surface area contributed by atoms with Crippen molar-refractivity contribution in [1.82, 2.24) is 0 Å². The van der Waals surface area contributed by atoms with Gasteiger partial charge in [-0.05, 0) is 96.3 Å². The largest absolute Gasteiger partial charge is 0.393 e. The van der Waals surface area contributed by atoms with Crippen molar-refractivity contribution < 1.29 is 5.11 Å². The van der Waals surface area contributed by atoms with E-state index in [0.29, 0.717) is 10.8 Å². The highest BCUT2D eigenvalue weighted by Gasteiger charge is 2.77. The molecule has 5 aliphatic carbocycles. The number of fused-ring (bicyclic) bond motifs is 3. The SMILES string of the molecule is C[C@]12CCCC(Br)=C1CC[C@@H]1[C@@H]2CC[C@]2(C)[C@@H](O)C[C@@H]3C[C@]312. The molecule has 0 bridgehead atoms. The second-order valence-corrected chi connectivity index (χ2v) is 10.5. The number of hydrogen-bond acceptors (Lipinski definition) is 1. The second kappa shape index (κ2) is 4.23. The summed E-state index contributed by atoms with van der Waals surface area (Å²) in [4.78, 5) is 0. The van der Waals surface area contributed by atoms with Crippen molar-refractivity contribution in [1.29, 1.82) is 0 Å². The lowest BCUT2D eigenvalue weighted by molar-refractivity contribution is -0.102. The van der Waals surface area contributed by atoms with Crippen LogP contribution in [0.25, 0.3) is 0 Å². The first-order chi connectivity index (χ1) is 10.4. The van der Waals surface area contributed by atoms with E-state index in [2.05, 4.69) is 29.8 Å². The van der Waals surface area contributed by atoms with Crippen LogP contribution in [0.4, 0.5) is 0 Å². The Morgan fingerprint density at radius 1 is 1.09 bits per heavy atom. The van der Waals surface area contributed by atoms with Crippen LogP contribution in [0.2, 0.25) is 0 Å². The van der Waals surface area contributed by atoms with Gasteiger partial charge >= 0.3 is 0 Å². The van der Waals surface area contributed by atoms with Crippen LogP contribution < -0.4 is 0 Å². The van der Waals surface area contributed by atoms with E-state index in [-0.39, 0.29) is 11.5 Å². The summed E-state index contributed by atoms with van der Waals surface area (Å²) >= 11 is 3.92. The molecule has 0 aliphatic heterocycles. The maximum Gasteiger partial charge on any atom is 0.0602 e. The molecule has 2 heteroatoms. The highest BCUT2D eigenvalue weighted by Crippen LogP contribution is 2.82. The molecule has 0 heterocycles. The smallest absolute Gasteiger partial charge is 0.0602 e. The number of rotatable bonds is 0. The molecule has 5 rings (SSSR count). The third-order valence-corrected chi connectivity index (χ3v) is 10.1. The number of aliphatic hydroxyl groups is 1. The summed E-state index contributed by atoms with van der Waals surface area (Å²) < 4.78 is 1.55. The monoisotopic (exact) mass is 364 g/mol. The van der Waals surface area contributed by atoms with Gasteiger partial charge in [0.05, 0.1) is 6.10 Å². The molecule has 4 fully saturated rings. The van der Waals surface area contributed by atoms with Gasteiger partial charge in [-0.3, -0.25) is 0 Å². The number of halogens is 1. The summed E-state index contributed by atoms with van der Waals surface area (Å²) in [6.45, 7) is 5.02. The molecule has 4 saturated carbocycles. The van der Waals surface area contributed by atoms with E-state index in [0.717, 1.165) is 24.2 Å². The van der Waals surface area contributed by atoms with Gasteiger partial charge < -0.3 is 5.11 Å². The summed E-state index contributed by atoms with van der Waals surface area (Å²) in [7, 11) is 0. The third-order valence-electron chi connectivity index (χ3n) is 9.21. The topological polar surface area (TPSA) is 20.2 Å². The van der Waals surface area contributed by atoms with Gasteiger partial charge in [-0.15, -0.1) is 0 Å². The lowest BCUT2D eigenvalue weighted by atomic mass is 9.45. The molecule has 122 valence electrons. The highest BCUT2D eigenvalue weighted by atomic mass is 79.9. The van der Waals surface area contributed by atoms with Crippen LogP contribution in [-0.2, 0) is 0 Å². The van der Waals surface area contributed by atoms with E-state index in [4.69, 9.17) is 0 Å². The Bertz CT molecular complexity index is 568. The van der Waals surface area contributed by atoms with Gasteiger partial charge in [-0.25, -0.2) is 0 Å². The number of hydrogen-bond donors (Lipinski definition) is 1. The first-order valence-corrected chi connectivity index (χ1v) is 10.3. The minimum Gasteiger partial charge on any atom is -0.393 e. The van der Waals surface area contributed by atoms with E-state index in [1.54, 1.807) is 10.1 Å². The average molecular weight is 365 g/mol. The molecule has 0 saturated heterocycles. The summed E-state index contributed by atoms with van der Waals surface area (Å²) in [6.07, 6.45) is 11.9. The zero-order valence-corrected chi connectivity index (χ0v) is 15.6. The second-order valence-electron chi connectivity index (χ2n) is 9.56. The van der Waals surface area contributed by atoms with Crippen molar-refractivity contribution in [2.45, 2.75) is 77.7 Å². The van der Waals surface area contributed by atoms with Gasteiger partial charge in [0, 0.05) is 0 Å². The predicted molar refractivity (Wildman–Crippen MR) is 92.6 cm³/mol. The fraction of sp³-hybridized carbons (Fsp3) is 0.900. The van der Waals surface area contributed by atoms with E-state index in [9.17, 15) is 5.11 Å². The molecule has 0 aromatic heterocycles. The Balaban J connectivity index is 1.58.